The van der Waals surface area contributed by atoms with Gasteiger partial charge in [-0.3, -0.25) is 4.79 Å². The van der Waals surface area contributed by atoms with Gasteiger partial charge >= 0.3 is 0 Å². The van der Waals surface area contributed by atoms with Crippen LogP contribution in [-0.4, -0.2) is 31.1 Å². The number of nitrogen functional groups attached to an aromatic ring is 1. The Labute approximate surface area is 125 Å². The van der Waals surface area contributed by atoms with E-state index in [1.165, 1.54) is 12.8 Å². The molecule has 0 radical (unpaired) electrons. The van der Waals surface area contributed by atoms with Crippen molar-refractivity contribution in [2.45, 2.75) is 26.7 Å². The quantitative estimate of drug-likeness (QED) is 0.711. The zero-order valence-electron chi connectivity index (χ0n) is 12.9. The summed E-state index contributed by atoms with van der Waals surface area (Å²) in [7, 11) is 1.63. The Morgan fingerprint density at radius 1 is 1.48 bits per heavy atom. The van der Waals surface area contributed by atoms with Crippen LogP contribution in [-0.2, 0) is 4.79 Å². The first-order valence-electron chi connectivity index (χ1n) is 7.28. The number of carbonyl (C=O) groups excluding carboxylic acids is 1. The van der Waals surface area contributed by atoms with Crippen molar-refractivity contribution in [1.82, 2.24) is 10.3 Å². The molecule has 2 rings (SSSR count). The highest BCUT2D eigenvalue weighted by atomic mass is 16.5. The molecule has 6 heteroatoms. The van der Waals surface area contributed by atoms with Gasteiger partial charge in [0.1, 0.15) is 5.82 Å². The van der Waals surface area contributed by atoms with Crippen LogP contribution < -0.4 is 21.1 Å². The van der Waals surface area contributed by atoms with Crippen molar-refractivity contribution in [3.8, 4) is 5.88 Å². The molecule has 1 aromatic heterocycles. The maximum Gasteiger partial charge on any atom is 0.239 e. The molecule has 0 unspecified atom stereocenters. The lowest BCUT2D eigenvalue weighted by Crippen LogP contribution is -2.39. The molecular formula is C15H24N4O2. The molecule has 21 heavy (non-hydrogen) atoms. The zero-order chi connectivity index (χ0) is 15.5. The summed E-state index contributed by atoms with van der Waals surface area (Å²) in [5.41, 5.74) is 5.88. The predicted octanol–water partition coefficient (Wildman–Crippen LogP) is 1.64. The lowest BCUT2D eigenvalue weighted by molar-refractivity contribution is -0.128. The van der Waals surface area contributed by atoms with E-state index in [9.17, 15) is 4.79 Å². The van der Waals surface area contributed by atoms with Crippen LogP contribution in [0.4, 0.5) is 11.5 Å². The molecule has 1 aromatic rings. The molecule has 6 nitrogen and oxygen atoms in total. The van der Waals surface area contributed by atoms with Crippen molar-refractivity contribution in [2.75, 3.05) is 31.2 Å². The number of anilines is 2. The van der Waals surface area contributed by atoms with Gasteiger partial charge in [-0.15, -0.1) is 0 Å². The number of nitrogens with two attached hydrogens (primary N) is 1. The fourth-order valence-electron chi connectivity index (χ4n) is 1.88. The molecule has 1 heterocycles. The second kappa shape index (κ2) is 6.20. The summed E-state index contributed by atoms with van der Waals surface area (Å²) >= 11 is 0. The Hall–Kier alpha value is -1.98. The van der Waals surface area contributed by atoms with E-state index in [0.717, 1.165) is 0 Å². The van der Waals surface area contributed by atoms with Crippen LogP contribution in [0.15, 0.2) is 12.1 Å². The molecule has 1 fully saturated rings. The molecule has 0 spiro atoms. The monoisotopic (exact) mass is 292 g/mol. The molecule has 116 valence electrons. The average Bonchev–Trinajstić information content (AvgIpc) is 3.28. The number of carbonyl (C=O) groups is 1. The summed E-state index contributed by atoms with van der Waals surface area (Å²) < 4.78 is 5.65. The van der Waals surface area contributed by atoms with Crippen LogP contribution in [0.1, 0.15) is 26.7 Å². The smallest absolute Gasteiger partial charge is 0.239 e. The third kappa shape index (κ3) is 4.24. The van der Waals surface area contributed by atoms with E-state index < -0.39 is 5.41 Å². The van der Waals surface area contributed by atoms with Gasteiger partial charge in [0.25, 0.3) is 0 Å². The van der Waals surface area contributed by atoms with E-state index in [1.54, 1.807) is 19.2 Å². The van der Waals surface area contributed by atoms with Crippen LogP contribution in [0.25, 0.3) is 0 Å². The summed E-state index contributed by atoms with van der Waals surface area (Å²) in [4.78, 5) is 16.1. The zero-order valence-corrected chi connectivity index (χ0v) is 12.9. The number of rotatable bonds is 7. The Bertz CT molecular complexity index is 512. The molecule has 1 aliphatic carbocycles. The van der Waals surface area contributed by atoms with Gasteiger partial charge in [-0.2, -0.15) is 4.98 Å². The van der Waals surface area contributed by atoms with Crippen molar-refractivity contribution in [3.63, 3.8) is 0 Å². The van der Waals surface area contributed by atoms with Crippen molar-refractivity contribution in [1.29, 1.82) is 0 Å². The third-order valence-corrected chi connectivity index (χ3v) is 3.60. The van der Waals surface area contributed by atoms with Crippen molar-refractivity contribution < 1.29 is 9.53 Å². The predicted molar refractivity (Wildman–Crippen MR) is 83.2 cm³/mol. The van der Waals surface area contributed by atoms with Crippen LogP contribution in [0.5, 0.6) is 5.88 Å². The van der Waals surface area contributed by atoms with Gasteiger partial charge < -0.3 is 21.1 Å². The maximum atomic E-state index is 11.7. The molecule has 0 saturated heterocycles. The van der Waals surface area contributed by atoms with Gasteiger partial charge in [0, 0.05) is 13.6 Å². The highest BCUT2D eigenvalue weighted by Crippen LogP contribution is 2.30. The molecular weight excluding hydrogens is 268 g/mol. The molecule has 0 aromatic carbocycles. The summed E-state index contributed by atoms with van der Waals surface area (Å²) in [5, 5.41) is 5.82. The number of nitrogens with zero attached hydrogens (tertiary/aromatic N) is 1. The van der Waals surface area contributed by atoms with E-state index in [2.05, 4.69) is 15.6 Å². The lowest BCUT2D eigenvalue weighted by atomic mass is 9.92. The highest BCUT2D eigenvalue weighted by Gasteiger charge is 2.26. The van der Waals surface area contributed by atoms with Crippen LogP contribution in [0.3, 0.4) is 0 Å². The fraction of sp³-hybridized carbons (Fsp3) is 0.600. The van der Waals surface area contributed by atoms with E-state index in [0.29, 0.717) is 36.5 Å². The highest BCUT2D eigenvalue weighted by molar-refractivity contribution is 5.82. The van der Waals surface area contributed by atoms with Gasteiger partial charge in [-0.1, -0.05) is 0 Å². The first-order valence-corrected chi connectivity index (χ1v) is 7.28. The molecule has 1 saturated carbocycles. The average molecular weight is 292 g/mol. The van der Waals surface area contributed by atoms with E-state index in [1.807, 2.05) is 13.8 Å². The number of hydrogen-bond acceptors (Lipinski definition) is 5. The SMILES string of the molecule is CNC(=O)C(C)(C)CNc1ccc(N)c(OCC2CC2)n1. The van der Waals surface area contributed by atoms with Crippen LogP contribution in [0.2, 0.25) is 0 Å². The van der Waals surface area contributed by atoms with Crippen molar-refractivity contribution >= 4 is 17.4 Å². The number of amides is 1. The topological polar surface area (TPSA) is 89.3 Å². The fourth-order valence-corrected chi connectivity index (χ4v) is 1.88. The summed E-state index contributed by atoms with van der Waals surface area (Å²) in [6.07, 6.45) is 2.44. The Morgan fingerprint density at radius 2 is 2.19 bits per heavy atom. The summed E-state index contributed by atoms with van der Waals surface area (Å²) in [6, 6.07) is 3.56. The minimum Gasteiger partial charge on any atom is -0.476 e. The number of ether oxygens (including phenoxy) is 1. The number of pyridine rings is 1. The van der Waals surface area contributed by atoms with Gasteiger partial charge in [0.2, 0.25) is 11.8 Å². The van der Waals surface area contributed by atoms with E-state index in [4.69, 9.17) is 10.5 Å². The summed E-state index contributed by atoms with van der Waals surface area (Å²) in [5.74, 6) is 1.75. The van der Waals surface area contributed by atoms with Gasteiger partial charge in [-0.25, -0.2) is 0 Å². The van der Waals surface area contributed by atoms with E-state index >= 15 is 0 Å². The molecule has 0 aliphatic heterocycles. The van der Waals surface area contributed by atoms with Crippen molar-refractivity contribution in [3.05, 3.63) is 12.1 Å². The second-order valence-electron chi connectivity index (χ2n) is 6.16. The maximum absolute atomic E-state index is 11.7. The standard InChI is InChI=1S/C15H24N4O2/c1-15(2,14(20)17-3)9-18-12-7-6-11(16)13(19-12)21-8-10-4-5-10/h6-7,10H,4-5,8-9,16H2,1-3H3,(H,17,20)(H,18,19). The lowest BCUT2D eigenvalue weighted by Gasteiger charge is -2.23. The first kappa shape index (κ1) is 15.4. The Balaban J connectivity index is 1.96. The number of aromatic nitrogens is 1. The minimum absolute atomic E-state index is 0.0179. The summed E-state index contributed by atoms with van der Waals surface area (Å²) in [6.45, 7) is 4.90. The second-order valence-corrected chi connectivity index (χ2v) is 6.16. The molecule has 0 atom stereocenters. The van der Waals surface area contributed by atoms with Gasteiger partial charge in [0.05, 0.1) is 17.7 Å². The van der Waals surface area contributed by atoms with Crippen LogP contribution >= 0.6 is 0 Å². The Morgan fingerprint density at radius 3 is 2.81 bits per heavy atom. The van der Waals surface area contributed by atoms with Gasteiger partial charge in [0.15, 0.2) is 0 Å². The largest absolute Gasteiger partial charge is 0.476 e. The Kier molecular flexibility index (Phi) is 4.55. The molecule has 0 bridgehead atoms. The normalized spacial score (nSPS) is 14.6. The van der Waals surface area contributed by atoms with E-state index in [-0.39, 0.29) is 5.91 Å². The molecule has 4 N–H and O–H groups in total. The van der Waals surface area contributed by atoms with Crippen molar-refractivity contribution in [2.24, 2.45) is 11.3 Å². The van der Waals surface area contributed by atoms with Crippen LogP contribution in [0, 0.1) is 11.3 Å². The molecule has 1 aliphatic rings. The number of hydrogen-bond donors (Lipinski definition) is 3. The molecule has 1 amide bonds. The third-order valence-electron chi connectivity index (χ3n) is 3.60. The minimum atomic E-state index is -0.521. The first-order chi connectivity index (χ1) is 9.92. The number of nitrogens with one attached hydrogen (secondary N) is 2. The van der Waals surface area contributed by atoms with Gasteiger partial charge in [-0.05, 0) is 44.7 Å².